The fourth-order valence-electron chi connectivity index (χ4n) is 3.73. The highest BCUT2D eigenvalue weighted by atomic mass is 15.1. The van der Waals surface area contributed by atoms with E-state index in [2.05, 4.69) is 94.4 Å². The molecule has 0 N–H and O–H groups in total. The summed E-state index contributed by atoms with van der Waals surface area (Å²) in [5.41, 5.74) is 2.82. The Labute approximate surface area is 199 Å². The maximum Gasteiger partial charge on any atom is 0.0524 e. The minimum atomic E-state index is -0.0111. The first-order chi connectivity index (χ1) is 15.4. The van der Waals surface area contributed by atoms with E-state index in [4.69, 9.17) is 4.99 Å². The van der Waals surface area contributed by atoms with E-state index in [0.29, 0.717) is 0 Å². The van der Waals surface area contributed by atoms with Crippen molar-refractivity contribution >= 4 is 6.21 Å². The van der Waals surface area contributed by atoms with Gasteiger partial charge in [-0.15, -0.1) is 0 Å². The van der Waals surface area contributed by atoms with E-state index in [9.17, 15) is 0 Å². The maximum atomic E-state index is 4.74. The van der Waals surface area contributed by atoms with Gasteiger partial charge in [0, 0.05) is 19.3 Å². The molecule has 0 saturated heterocycles. The van der Waals surface area contributed by atoms with E-state index in [1.165, 1.54) is 75.3 Å². The molecule has 180 valence electrons. The second-order valence-electron chi connectivity index (χ2n) is 9.90. The number of unbranched alkanes of at least 4 members (excludes halogenated alkanes) is 8. The number of benzene rings is 1. The summed E-state index contributed by atoms with van der Waals surface area (Å²) < 4.78 is 0. The Morgan fingerprint density at radius 3 is 1.94 bits per heavy atom. The molecule has 0 radical (unpaired) electrons. The summed E-state index contributed by atoms with van der Waals surface area (Å²) in [4.78, 5) is 7.05. The summed E-state index contributed by atoms with van der Waals surface area (Å²) in [5.74, 6) is 0. The summed E-state index contributed by atoms with van der Waals surface area (Å²) in [6.45, 7) is 13.0. The van der Waals surface area contributed by atoms with E-state index in [1.54, 1.807) is 0 Å². The first-order valence-corrected chi connectivity index (χ1v) is 13.1. The number of hydrogen-bond acceptors (Lipinski definition) is 2. The third-order valence-corrected chi connectivity index (χ3v) is 5.81. The summed E-state index contributed by atoms with van der Waals surface area (Å²) in [6, 6.07) is 10.9. The number of nitrogens with zero attached hydrogens (tertiary/aromatic N) is 2. The average molecular weight is 439 g/mol. The second kappa shape index (κ2) is 17.7. The predicted molar refractivity (Wildman–Crippen MR) is 145 cm³/mol. The Morgan fingerprint density at radius 2 is 1.38 bits per heavy atom. The molecule has 0 aliphatic heterocycles. The van der Waals surface area contributed by atoms with Crippen molar-refractivity contribution < 1.29 is 0 Å². The minimum Gasteiger partial charge on any atom is -0.378 e. The molecule has 2 heteroatoms. The van der Waals surface area contributed by atoms with Gasteiger partial charge in [0.05, 0.1) is 5.54 Å². The standard InChI is InChI=1S/C30H50N2/c1-6-32(7-2)26-20-25-29(27-31-30(3,4)5)24-17-14-12-10-8-9-11-13-16-21-28-22-18-15-19-23-28/h15,18-20,22-23,25-27H,6-14,16-17,21,24H2,1-5H3/b26-20+,29-25+,31-27?. The lowest BCUT2D eigenvalue weighted by atomic mass is 10.0. The Kier molecular flexibility index (Phi) is 15.6. The van der Waals surface area contributed by atoms with E-state index in [1.807, 2.05) is 0 Å². The molecule has 1 rings (SSSR count). The van der Waals surface area contributed by atoms with Crippen molar-refractivity contribution in [2.24, 2.45) is 4.99 Å². The molecule has 1 aromatic carbocycles. The molecule has 0 fully saturated rings. The quantitative estimate of drug-likeness (QED) is 0.135. The molecular weight excluding hydrogens is 388 g/mol. The maximum absolute atomic E-state index is 4.74. The summed E-state index contributed by atoms with van der Waals surface area (Å²) in [6.07, 6.45) is 23.3. The number of aliphatic imine (C=N–C) groups is 1. The third kappa shape index (κ3) is 15.9. The van der Waals surface area contributed by atoms with Gasteiger partial charge in [0.25, 0.3) is 0 Å². The zero-order valence-electron chi connectivity index (χ0n) is 21.8. The Bertz CT molecular complexity index is 645. The lowest BCUT2D eigenvalue weighted by molar-refractivity contribution is 0.419. The topological polar surface area (TPSA) is 15.6 Å². The fourth-order valence-corrected chi connectivity index (χ4v) is 3.73. The largest absolute Gasteiger partial charge is 0.378 e. The van der Waals surface area contributed by atoms with Crippen molar-refractivity contribution in [2.75, 3.05) is 13.1 Å². The minimum absolute atomic E-state index is 0.0111. The highest BCUT2D eigenvalue weighted by molar-refractivity contribution is 5.79. The normalized spacial score (nSPS) is 12.8. The predicted octanol–water partition coefficient (Wildman–Crippen LogP) is 8.78. The first kappa shape index (κ1) is 28.2. The Hall–Kier alpha value is -1.83. The molecule has 0 aliphatic carbocycles. The lowest BCUT2D eigenvalue weighted by Gasteiger charge is -2.14. The van der Waals surface area contributed by atoms with Crippen LogP contribution >= 0.6 is 0 Å². The van der Waals surface area contributed by atoms with Crippen LogP contribution in [0.3, 0.4) is 0 Å². The van der Waals surface area contributed by atoms with Gasteiger partial charge in [-0.1, -0.05) is 81.4 Å². The Morgan fingerprint density at radius 1 is 0.812 bits per heavy atom. The number of hydrogen-bond donors (Lipinski definition) is 0. The van der Waals surface area contributed by atoms with Crippen LogP contribution in [0.2, 0.25) is 0 Å². The summed E-state index contributed by atoms with van der Waals surface area (Å²) >= 11 is 0. The van der Waals surface area contributed by atoms with Crippen LogP contribution < -0.4 is 0 Å². The van der Waals surface area contributed by atoms with Crippen LogP contribution in [0.4, 0.5) is 0 Å². The molecule has 0 saturated carbocycles. The molecule has 0 spiro atoms. The van der Waals surface area contributed by atoms with Crippen LogP contribution in [-0.4, -0.2) is 29.7 Å². The van der Waals surface area contributed by atoms with Crippen LogP contribution in [0.1, 0.15) is 104 Å². The zero-order valence-corrected chi connectivity index (χ0v) is 21.8. The van der Waals surface area contributed by atoms with Crippen LogP contribution in [0.25, 0.3) is 0 Å². The molecule has 0 atom stereocenters. The second-order valence-corrected chi connectivity index (χ2v) is 9.90. The molecule has 2 nitrogen and oxygen atoms in total. The summed E-state index contributed by atoms with van der Waals surface area (Å²) in [5, 5.41) is 0. The van der Waals surface area contributed by atoms with Gasteiger partial charge in [0.2, 0.25) is 0 Å². The molecule has 0 heterocycles. The van der Waals surface area contributed by atoms with Crippen molar-refractivity contribution in [3.63, 3.8) is 0 Å². The van der Waals surface area contributed by atoms with Crippen LogP contribution in [-0.2, 0) is 6.42 Å². The SMILES string of the molecule is CCN(/C=C/C=C(/C=NC(C)(C)C)CCCCCCCCCCCc1ccccc1)CC. The zero-order chi connectivity index (χ0) is 23.5. The van der Waals surface area contributed by atoms with Crippen molar-refractivity contribution in [1.82, 2.24) is 4.90 Å². The van der Waals surface area contributed by atoms with E-state index < -0.39 is 0 Å². The average Bonchev–Trinajstić information content (AvgIpc) is 2.78. The van der Waals surface area contributed by atoms with Crippen molar-refractivity contribution in [1.29, 1.82) is 0 Å². The molecule has 0 aliphatic rings. The molecule has 0 bridgehead atoms. The molecule has 1 aromatic rings. The first-order valence-electron chi connectivity index (χ1n) is 13.1. The smallest absolute Gasteiger partial charge is 0.0524 e. The number of aryl methyl sites for hydroxylation is 1. The van der Waals surface area contributed by atoms with Gasteiger partial charge >= 0.3 is 0 Å². The van der Waals surface area contributed by atoms with Crippen molar-refractivity contribution in [3.05, 3.63) is 59.8 Å². The van der Waals surface area contributed by atoms with Crippen LogP contribution in [0, 0.1) is 0 Å². The molecular formula is C30H50N2. The monoisotopic (exact) mass is 438 g/mol. The number of rotatable bonds is 17. The van der Waals surface area contributed by atoms with Gasteiger partial charge in [-0.05, 0) is 83.7 Å². The van der Waals surface area contributed by atoms with Crippen LogP contribution in [0.5, 0.6) is 0 Å². The van der Waals surface area contributed by atoms with Gasteiger partial charge in [-0.25, -0.2) is 0 Å². The van der Waals surface area contributed by atoms with Crippen LogP contribution in [0.15, 0.2) is 59.2 Å². The number of allylic oxidation sites excluding steroid dienone is 3. The van der Waals surface area contributed by atoms with Crippen molar-refractivity contribution in [2.45, 2.75) is 111 Å². The highest BCUT2D eigenvalue weighted by Crippen LogP contribution is 2.15. The van der Waals surface area contributed by atoms with Gasteiger partial charge < -0.3 is 4.90 Å². The lowest BCUT2D eigenvalue weighted by Crippen LogP contribution is -2.14. The molecule has 32 heavy (non-hydrogen) atoms. The molecule has 0 aromatic heterocycles. The van der Waals surface area contributed by atoms with Gasteiger partial charge in [-0.2, -0.15) is 0 Å². The highest BCUT2D eigenvalue weighted by Gasteiger charge is 2.05. The Balaban J connectivity index is 2.18. The van der Waals surface area contributed by atoms with Crippen molar-refractivity contribution in [3.8, 4) is 0 Å². The van der Waals surface area contributed by atoms with Gasteiger partial charge in [0.1, 0.15) is 0 Å². The van der Waals surface area contributed by atoms with E-state index in [0.717, 1.165) is 19.5 Å². The fraction of sp³-hybridized carbons (Fsp3) is 0.633. The van der Waals surface area contributed by atoms with E-state index >= 15 is 0 Å². The van der Waals surface area contributed by atoms with Gasteiger partial charge in [-0.3, -0.25) is 4.99 Å². The van der Waals surface area contributed by atoms with E-state index in [-0.39, 0.29) is 5.54 Å². The van der Waals surface area contributed by atoms with Gasteiger partial charge in [0.15, 0.2) is 0 Å². The summed E-state index contributed by atoms with van der Waals surface area (Å²) in [7, 11) is 0. The molecule has 0 amide bonds. The third-order valence-electron chi connectivity index (χ3n) is 5.81. The molecule has 0 unspecified atom stereocenters.